The number of hydrogen-bond donors (Lipinski definition) is 2. The van der Waals surface area contributed by atoms with E-state index in [1.54, 1.807) is 18.2 Å². The van der Waals surface area contributed by atoms with Gasteiger partial charge in [-0.1, -0.05) is 32.9 Å². The van der Waals surface area contributed by atoms with E-state index in [2.05, 4.69) is 10.0 Å². The fraction of sp³-hybridized carbons (Fsp3) is 0.435. The summed E-state index contributed by atoms with van der Waals surface area (Å²) in [5, 5.41) is 2.93. The lowest BCUT2D eigenvalue weighted by atomic mass is 9.82. The van der Waals surface area contributed by atoms with Crippen molar-refractivity contribution in [3.8, 4) is 11.5 Å². The van der Waals surface area contributed by atoms with Crippen molar-refractivity contribution in [1.82, 2.24) is 10.0 Å². The van der Waals surface area contributed by atoms with Crippen molar-refractivity contribution in [2.75, 3.05) is 19.8 Å². The molecular formula is C23H29FN2O5S. The molecule has 0 saturated carbocycles. The fourth-order valence-electron chi connectivity index (χ4n) is 3.38. The van der Waals surface area contributed by atoms with E-state index in [0.29, 0.717) is 24.7 Å². The summed E-state index contributed by atoms with van der Waals surface area (Å²) >= 11 is 0. The number of amides is 1. The first-order valence-corrected chi connectivity index (χ1v) is 12.0. The smallest absolute Gasteiger partial charge is 0.240 e. The highest BCUT2D eigenvalue weighted by atomic mass is 32.2. The number of rotatable bonds is 7. The average Bonchev–Trinajstić information content (AvgIpc) is 2.97. The third-order valence-corrected chi connectivity index (χ3v) is 6.51. The van der Waals surface area contributed by atoms with Crippen LogP contribution in [0.4, 0.5) is 4.39 Å². The highest BCUT2D eigenvalue weighted by molar-refractivity contribution is 7.89. The lowest BCUT2D eigenvalue weighted by Gasteiger charge is -2.32. The highest BCUT2D eigenvalue weighted by Gasteiger charge is 2.28. The monoisotopic (exact) mass is 464 g/mol. The minimum Gasteiger partial charge on any atom is -0.490 e. The molecule has 0 spiro atoms. The maximum atomic E-state index is 13.3. The van der Waals surface area contributed by atoms with Gasteiger partial charge in [-0.2, -0.15) is 0 Å². The summed E-state index contributed by atoms with van der Waals surface area (Å²) in [6.07, 6.45) is 0.676. The van der Waals surface area contributed by atoms with Gasteiger partial charge in [-0.25, -0.2) is 17.5 Å². The van der Waals surface area contributed by atoms with Gasteiger partial charge in [0.25, 0.3) is 0 Å². The van der Waals surface area contributed by atoms with Crippen LogP contribution in [0.15, 0.2) is 47.4 Å². The van der Waals surface area contributed by atoms with Crippen LogP contribution in [0.2, 0.25) is 0 Å². The Morgan fingerprint density at radius 2 is 1.72 bits per heavy atom. The number of hydrogen-bond acceptors (Lipinski definition) is 5. The summed E-state index contributed by atoms with van der Waals surface area (Å²) in [4.78, 5) is 12.6. The highest BCUT2D eigenvalue weighted by Crippen LogP contribution is 2.33. The van der Waals surface area contributed by atoms with Gasteiger partial charge in [-0.3, -0.25) is 4.79 Å². The number of ether oxygens (including phenoxy) is 2. The van der Waals surface area contributed by atoms with Gasteiger partial charge < -0.3 is 14.8 Å². The molecule has 0 bridgehead atoms. The molecule has 9 heteroatoms. The topological polar surface area (TPSA) is 93.7 Å². The third-order valence-electron chi connectivity index (χ3n) is 5.05. The van der Waals surface area contributed by atoms with Crippen LogP contribution in [0.1, 0.15) is 45.2 Å². The number of benzene rings is 2. The van der Waals surface area contributed by atoms with Crippen LogP contribution < -0.4 is 19.5 Å². The molecule has 2 aromatic carbocycles. The normalized spacial score (nSPS) is 15.0. The zero-order chi connectivity index (χ0) is 23.4. The molecule has 0 aromatic heterocycles. The predicted molar refractivity (Wildman–Crippen MR) is 119 cm³/mol. The number of nitrogens with one attached hydrogen (secondary N) is 2. The Labute approximate surface area is 188 Å². The van der Waals surface area contributed by atoms with E-state index in [1.165, 1.54) is 24.3 Å². The molecular weight excluding hydrogens is 435 g/mol. The molecule has 0 fully saturated rings. The molecule has 3 rings (SSSR count). The van der Waals surface area contributed by atoms with Crippen LogP contribution in [-0.4, -0.2) is 34.1 Å². The van der Waals surface area contributed by atoms with Crippen LogP contribution in [0, 0.1) is 11.2 Å². The molecule has 7 nitrogen and oxygen atoms in total. The molecule has 1 heterocycles. The standard InChI is InChI=1S/C23H29FN2O5S/c1-23(2,3)22(16-5-7-17(24)8-6-16)26-21(27)11-12-25-32(28,29)18-9-10-19-20(15-18)31-14-4-13-30-19/h5-10,15,22,25H,4,11-14H2,1-3H3,(H,26,27). The first kappa shape index (κ1) is 24.0. The van der Waals surface area contributed by atoms with Crippen LogP contribution in [0.5, 0.6) is 11.5 Å². The van der Waals surface area contributed by atoms with Gasteiger partial charge in [-0.05, 0) is 35.2 Å². The summed E-state index contributed by atoms with van der Waals surface area (Å²) in [5.41, 5.74) is 0.455. The van der Waals surface area contributed by atoms with Crippen molar-refractivity contribution in [3.63, 3.8) is 0 Å². The van der Waals surface area contributed by atoms with Crippen LogP contribution in [0.3, 0.4) is 0 Å². The number of sulfonamides is 1. The Morgan fingerprint density at radius 1 is 1.06 bits per heavy atom. The van der Waals surface area contributed by atoms with Gasteiger partial charge in [0.2, 0.25) is 15.9 Å². The molecule has 0 aliphatic carbocycles. The van der Waals surface area contributed by atoms with Crippen molar-refractivity contribution in [2.24, 2.45) is 5.41 Å². The molecule has 1 aliphatic heterocycles. The molecule has 1 atom stereocenters. The van der Waals surface area contributed by atoms with E-state index in [9.17, 15) is 17.6 Å². The van der Waals surface area contributed by atoms with Crippen molar-refractivity contribution < 1.29 is 27.1 Å². The molecule has 2 aromatic rings. The van der Waals surface area contributed by atoms with Crippen molar-refractivity contribution in [1.29, 1.82) is 0 Å². The van der Waals surface area contributed by atoms with Crippen LogP contribution in [-0.2, 0) is 14.8 Å². The van der Waals surface area contributed by atoms with Gasteiger partial charge >= 0.3 is 0 Å². The Morgan fingerprint density at radius 3 is 2.38 bits per heavy atom. The second-order valence-electron chi connectivity index (χ2n) is 8.72. The van der Waals surface area contributed by atoms with Gasteiger partial charge in [-0.15, -0.1) is 0 Å². The summed E-state index contributed by atoms with van der Waals surface area (Å²) in [7, 11) is -3.82. The maximum Gasteiger partial charge on any atom is 0.240 e. The van der Waals surface area contributed by atoms with Crippen molar-refractivity contribution in [3.05, 3.63) is 53.8 Å². The molecule has 174 valence electrons. The average molecular weight is 465 g/mol. The van der Waals surface area contributed by atoms with E-state index >= 15 is 0 Å². The van der Waals surface area contributed by atoms with Gasteiger partial charge in [0.15, 0.2) is 11.5 Å². The van der Waals surface area contributed by atoms with E-state index < -0.39 is 10.0 Å². The Bertz CT molecular complexity index is 1050. The molecule has 0 saturated heterocycles. The lowest BCUT2D eigenvalue weighted by Crippen LogP contribution is -2.38. The fourth-order valence-corrected chi connectivity index (χ4v) is 4.43. The number of carbonyl (C=O) groups excluding carboxylic acids is 1. The first-order valence-electron chi connectivity index (χ1n) is 10.5. The summed E-state index contributed by atoms with van der Waals surface area (Å²) in [5.74, 6) is 0.234. The second-order valence-corrected chi connectivity index (χ2v) is 10.5. The second kappa shape index (κ2) is 9.87. The van der Waals surface area contributed by atoms with Crippen molar-refractivity contribution >= 4 is 15.9 Å². The minimum atomic E-state index is -3.82. The van der Waals surface area contributed by atoms with Gasteiger partial charge in [0.05, 0.1) is 24.2 Å². The number of halogens is 1. The Kier molecular flexibility index (Phi) is 7.40. The summed E-state index contributed by atoms with van der Waals surface area (Å²) < 4.78 is 52.1. The quantitative estimate of drug-likeness (QED) is 0.654. The molecule has 0 radical (unpaired) electrons. The zero-order valence-corrected chi connectivity index (χ0v) is 19.3. The minimum absolute atomic E-state index is 0.0426. The third kappa shape index (κ3) is 6.20. The Balaban J connectivity index is 1.60. The molecule has 1 unspecified atom stereocenters. The van der Waals surface area contributed by atoms with Crippen molar-refractivity contribution in [2.45, 2.75) is 44.6 Å². The zero-order valence-electron chi connectivity index (χ0n) is 18.5. The van der Waals surface area contributed by atoms with Crippen LogP contribution >= 0.6 is 0 Å². The molecule has 2 N–H and O–H groups in total. The largest absolute Gasteiger partial charge is 0.490 e. The van der Waals surface area contributed by atoms with E-state index in [4.69, 9.17) is 9.47 Å². The maximum absolute atomic E-state index is 13.3. The summed E-state index contributed by atoms with van der Waals surface area (Å²) in [6.45, 7) is 6.80. The Hall–Kier alpha value is -2.65. The number of carbonyl (C=O) groups is 1. The van der Waals surface area contributed by atoms with E-state index in [-0.39, 0.29) is 41.0 Å². The molecule has 1 aliphatic rings. The van der Waals surface area contributed by atoms with E-state index in [1.807, 2.05) is 20.8 Å². The predicted octanol–water partition coefficient (Wildman–Crippen LogP) is 3.56. The molecule has 32 heavy (non-hydrogen) atoms. The van der Waals surface area contributed by atoms with Gasteiger partial charge in [0.1, 0.15) is 5.82 Å². The lowest BCUT2D eigenvalue weighted by molar-refractivity contribution is -0.122. The number of fused-ring (bicyclic) bond motifs is 1. The molecule has 1 amide bonds. The summed E-state index contributed by atoms with van der Waals surface area (Å²) in [6, 6.07) is 10.1. The van der Waals surface area contributed by atoms with E-state index in [0.717, 1.165) is 12.0 Å². The SMILES string of the molecule is CC(C)(C)C(NC(=O)CCNS(=O)(=O)c1ccc2c(c1)OCCCO2)c1ccc(F)cc1. The first-order chi connectivity index (χ1) is 15.1. The van der Waals surface area contributed by atoms with Gasteiger partial charge in [0, 0.05) is 25.5 Å². The van der Waals surface area contributed by atoms with Crippen LogP contribution in [0.25, 0.3) is 0 Å².